The smallest absolute Gasteiger partial charge is 0.303 e. The Labute approximate surface area is 118 Å². The number of hydrogen-bond acceptors (Lipinski definition) is 3. The lowest BCUT2D eigenvalue weighted by Gasteiger charge is -2.04. The number of aromatic nitrogens is 2. The molecule has 0 radical (unpaired) electrons. The summed E-state index contributed by atoms with van der Waals surface area (Å²) in [5.41, 5.74) is 1.94. The molecular weight excluding hydrogens is 256 g/mol. The maximum Gasteiger partial charge on any atom is 0.303 e. The van der Waals surface area contributed by atoms with Gasteiger partial charge in [-0.1, -0.05) is 6.92 Å². The zero-order valence-electron chi connectivity index (χ0n) is 11.9. The van der Waals surface area contributed by atoms with Crippen LogP contribution in [0.4, 0.5) is 0 Å². The molecule has 2 rings (SSSR count). The standard InChI is InChI=1S/C15H20N2O3/c1-3-9-20-11-7-8-13-12(10-11)16-14(17(13)2)5-4-6-15(18)19/h7-8,10H,3-6,9H2,1-2H3,(H,18,19). The van der Waals surface area contributed by atoms with Crippen molar-refractivity contribution in [2.45, 2.75) is 32.6 Å². The summed E-state index contributed by atoms with van der Waals surface area (Å²) >= 11 is 0. The molecule has 1 heterocycles. The number of fused-ring (bicyclic) bond motifs is 1. The highest BCUT2D eigenvalue weighted by Crippen LogP contribution is 2.22. The van der Waals surface area contributed by atoms with E-state index in [1.54, 1.807) is 0 Å². The van der Waals surface area contributed by atoms with Crippen molar-refractivity contribution in [3.63, 3.8) is 0 Å². The predicted octanol–water partition coefficient (Wildman–Crippen LogP) is 2.77. The van der Waals surface area contributed by atoms with Gasteiger partial charge in [-0.3, -0.25) is 4.79 Å². The first-order valence-corrected chi connectivity index (χ1v) is 6.91. The molecule has 0 aliphatic rings. The van der Waals surface area contributed by atoms with Gasteiger partial charge in [0.2, 0.25) is 0 Å². The van der Waals surface area contributed by atoms with E-state index < -0.39 is 5.97 Å². The van der Waals surface area contributed by atoms with Crippen molar-refractivity contribution in [1.29, 1.82) is 0 Å². The Morgan fingerprint density at radius 2 is 2.25 bits per heavy atom. The van der Waals surface area contributed by atoms with Crippen LogP contribution in [0, 0.1) is 0 Å². The molecule has 2 aromatic rings. The molecule has 1 aromatic heterocycles. The van der Waals surface area contributed by atoms with Crippen LogP contribution in [0.3, 0.4) is 0 Å². The lowest BCUT2D eigenvalue weighted by molar-refractivity contribution is -0.137. The van der Waals surface area contributed by atoms with Crippen LogP contribution in [0.2, 0.25) is 0 Å². The molecule has 5 nitrogen and oxygen atoms in total. The van der Waals surface area contributed by atoms with E-state index in [4.69, 9.17) is 9.84 Å². The van der Waals surface area contributed by atoms with E-state index in [1.807, 2.05) is 29.8 Å². The molecule has 0 fully saturated rings. The molecule has 1 N–H and O–H groups in total. The Morgan fingerprint density at radius 3 is 2.95 bits per heavy atom. The fraction of sp³-hybridized carbons (Fsp3) is 0.467. The van der Waals surface area contributed by atoms with Crippen molar-refractivity contribution in [1.82, 2.24) is 9.55 Å². The quantitative estimate of drug-likeness (QED) is 0.844. The minimum absolute atomic E-state index is 0.175. The van der Waals surface area contributed by atoms with E-state index in [2.05, 4.69) is 11.9 Å². The first-order chi connectivity index (χ1) is 9.61. The van der Waals surface area contributed by atoms with Crippen LogP contribution >= 0.6 is 0 Å². The second-order valence-corrected chi connectivity index (χ2v) is 4.83. The predicted molar refractivity (Wildman–Crippen MR) is 77.1 cm³/mol. The van der Waals surface area contributed by atoms with E-state index in [1.165, 1.54) is 0 Å². The van der Waals surface area contributed by atoms with Gasteiger partial charge in [-0.25, -0.2) is 4.98 Å². The largest absolute Gasteiger partial charge is 0.494 e. The van der Waals surface area contributed by atoms with Gasteiger partial charge < -0.3 is 14.4 Å². The average molecular weight is 276 g/mol. The van der Waals surface area contributed by atoms with Crippen LogP contribution < -0.4 is 4.74 Å². The van der Waals surface area contributed by atoms with Gasteiger partial charge in [0.25, 0.3) is 0 Å². The fourth-order valence-corrected chi connectivity index (χ4v) is 2.16. The Balaban J connectivity index is 2.16. The lowest BCUT2D eigenvalue weighted by atomic mass is 10.2. The topological polar surface area (TPSA) is 64.3 Å². The number of benzene rings is 1. The molecule has 0 aliphatic heterocycles. The fourth-order valence-electron chi connectivity index (χ4n) is 2.16. The van der Waals surface area contributed by atoms with Gasteiger partial charge in [-0.15, -0.1) is 0 Å². The number of carboxylic acids is 1. The van der Waals surface area contributed by atoms with E-state index in [0.29, 0.717) is 19.4 Å². The highest BCUT2D eigenvalue weighted by atomic mass is 16.5. The summed E-state index contributed by atoms with van der Waals surface area (Å²) in [6.07, 6.45) is 2.42. The number of nitrogens with zero attached hydrogens (tertiary/aromatic N) is 2. The Hall–Kier alpha value is -2.04. The summed E-state index contributed by atoms with van der Waals surface area (Å²) in [6.45, 7) is 2.77. The van der Waals surface area contributed by atoms with Crippen molar-refractivity contribution in [2.24, 2.45) is 7.05 Å². The normalized spacial score (nSPS) is 10.9. The van der Waals surface area contributed by atoms with Gasteiger partial charge in [0.1, 0.15) is 11.6 Å². The molecule has 0 unspecified atom stereocenters. The summed E-state index contributed by atoms with van der Waals surface area (Å²) in [4.78, 5) is 15.1. The summed E-state index contributed by atoms with van der Waals surface area (Å²) < 4.78 is 7.61. The minimum atomic E-state index is -0.765. The maximum atomic E-state index is 10.5. The molecule has 0 aliphatic carbocycles. The molecule has 0 spiro atoms. The van der Waals surface area contributed by atoms with Gasteiger partial charge in [-0.2, -0.15) is 0 Å². The number of carbonyl (C=O) groups is 1. The van der Waals surface area contributed by atoms with Crippen molar-refractivity contribution >= 4 is 17.0 Å². The number of ether oxygens (including phenoxy) is 1. The van der Waals surface area contributed by atoms with Gasteiger partial charge in [0.05, 0.1) is 17.6 Å². The van der Waals surface area contributed by atoms with Crippen LogP contribution in [0.25, 0.3) is 11.0 Å². The van der Waals surface area contributed by atoms with Crippen LogP contribution in [-0.2, 0) is 18.3 Å². The van der Waals surface area contributed by atoms with E-state index in [0.717, 1.165) is 29.0 Å². The van der Waals surface area contributed by atoms with Crippen LogP contribution in [0.15, 0.2) is 18.2 Å². The van der Waals surface area contributed by atoms with Crippen molar-refractivity contribution in [3.8, 4) is 5.75 Å². The summed E-state index contributed by atoms with van der Waals surface area (Å²) in [5.74, 6) is 0.974. The molecule has 1 aromatic carbocycles. The number of hydrogen-bond donors (Lipinski definition) is 1. The van der Waals surface area contributed by atoms with E-state index in [9.17, 15) is 4.79 Å². The number of aliphatic carboxylic acids is 1. The molecule has 0 bridgehead atoms. The third-order valence-electron chi connectivity index (χ3n) is 3.21. The number of carboxylic acid groups (broad SMARTS) is 1. The Morgan fingerprint density at radius 1 is 1.45 bits per heavy atom. The highest BCUT2D eigenvalue weighted by molar-refractivity contribution is 5.77. The van der Waals surface area contributed by atoms with Crippen LogP contribution in [-0.4, -0.2) is 27.2 Å². The first-order valence-electron chi connectivity index (χ1n) is 6.91. The maximum absolute atomic E-state index is 10.5. The molecule has 108 valence electrons. The third kappa shape index (κ3) is 3.29. The van der Waals surface area contributed by atoms with Gasteiger partial charge >= 0.3 is 5.97 Å². The SMILES string of the molecule is CCCOc1ccc2c(c1)nc(CCCC(=O)O)n2C. The number of aryl methyl sites for hydroxylation is 2. The molecular formula is C15H20N2O3. The first kappa shape index (κ1) is 14.4. The van der Waals surface area contributed by atoms with Gasteiger partial charge in [-0.05, 0) is 25.0 Å². The molecule has 0 amide bonds. The molecule has 0 saturated heterocycles. The van der Waals surface area contributed by atoms with Crippen LogP contribution in [0.1, 0.15) is 32.0 Å². The number of rotatable bonds is 7. The van der Waals surface area contributed by atoms with Crippen molar-refractivity contribution in [2.75, 3.05) is 6.61 Å². The van der Waals surface area contributed by atoms with Crippen molar-refractivity contribution in [3.05, 3.63) is 24.0 Å². The second-order valence-electron chi connectivity index (χ2n) is 4.83. The van der Waals surface area contributed by atoms with Gasteiger partial charge in [0.15, 0.2) is 0 Å². The molecule has 20 heavy (non-hydrogen) atoms. The Kier molecular flexibility index (Phi) is 4.61. The second kappa shape index (κ2) is 6.41. The lowest BCUT2D eigenvalue weighted by Crippen LogP contribution is -2.01. The van der Waals surface area contributed by atoms with Gasteiger partial charge in [0, 0.05) is 26.0 Å². The molecule has 0 saturated carbocycles. The van der Waals surface area contributed by atoms with E-state index in [-0.39, 0.29) is 6.42 Å². The third-order valence-corrected chi connectivity index (χ3v) is 3.21. The summed E-state index contributed by atoms with van der Waals surface area (Å²) in [7, 11) is 1.96. The monoisotopic (exact) mass is 276 g/mol. The number of imidazole rings is 1. The minimum Gasteiger partial charge on any atom is -0.494 e. The zero-order valence-corrected chi connectivity index (χ0v) is 11.9. The van der Waals surface area contributed by atoms with Crippen LogP contribution in [0.5, 0.6) is 5.75 Å². The molecule has 5 heteroatoms. The molecule has 0 atom stereocenters. The summed E-state index contributed by atoms with van der Waals surface area (Å²) in [5, 5.41) is 8.68. The van der Waals surface area contributed by atoms with E-state index >= 15 is 0 Å². The van der Waals surface area contributed by atoms with Crippen molar-refractivity contribution < 1.29 is 14.6 Å². The highest BCUT2D eigenvalue weighted by Gasteiger charge is 2.09. The zero-order chi connectivity index (χ0) is 14.5. The summed E-state index contributed by atoms with van der Waals surface area (Å²) in [6, 6.07) is 5.88. The Bertz CT molecular complexity index is 604. The average Bonchev–Trinajstić information content (AvgIpc) is 2.72.